The number of aromatic nitrogens is 2. The number of benzene rings is 1. The Morgan fingerprint density at radius 1 is 1.20 bits per heavy atom. The van der Waals surface area contributed by atoms with Gasteiger partial charge in [0, 0.05) is 22.8 Å². The second-order valence-corrected chi connectivity index (χ2v) is 5.42. The van der Waals surface area contributed by atoms with E-state index < -0.39 is 11.9 Å². The molecule has 0 unspecified atom stereocenters. The van der Waals surface area contributed by atoms with Crippen LogP contribution in [0.1, 0.15) is 25.5 Å². The van der Waals surface area contributed by atoms with Gasteiger partial charge < -0.3 is 4.57 Å². The molecule has 2 aromatic rings. The fourth-order valence-corrected chi connectivity index (χ4v) is 2.15. The minimum atomic E-state index is -4.42. The number of rotatable bonds is 4. The van der Waals surface area contributed by atoms with Gasteiger partial charge in [-0.3, -0.25) is 0 Å². The Morgan fingerprint density at radius 2 is 1.85 bits per heavy atom. The summed E-state index contributed by atoms with van der Waals surface area (Å²) in [5, 5.41) is 0. The van der Waals surface area contributed by atoms with Gasteiger partial charge in [-0.15, -0.1) is 0 Å². The molecule has 0 spiro atoms. The summed E-state index contributed by atoms with van der Waals surface area (Å²) in [5.74, 6) is 0.360. The molecule has 1 heterocycles. The van der Waals surface area contributed by atoms with Crippen molar-refractivity contribution >= 4 is 15.9 Å². The molecular weight excluding hydrogens is 333 g/mol. The third-order valence-electron chi connectivity index (χ3n) is 2.92. The van der Waals surface area contributed by atoms with E-state index in [2.05, 4.69) is 20.9 Å². The molecule has 0 saturated heterocycles. The normalized spacial score (nSPS) is 11.8. The van der Waals surface area contributed by atoms with Crippen LogP contribution in [-0.4, -0.2) is 9.55 Å². The van der Waals surface area contributed by atoms with Crippen LogP contribution in [0.15, 0.2) is 34.9 Å². The van der Waals surface area contributed by atoms with Gasteiger partial charge in [-0.2, -0.15) is 13.2 Å². The first-order chi connectivity index (χ1) is 9.41. The van der Waals surface area contributed by atoms with Gasteiger partial charge in [0.1, 0.15) is 5.82 Å². The van der Waals surface area contributed by atoms with Crippen molar-refractivity contribution in [3.05, 3.63) is 40.6 Å². The van der Waals surface area contributed by atoms with Crippen LogP contribution >= 0.6 is 15.9 Å². The molecule has 2 rings (SSSR count). The summed E-state index contributed by atoms with van der Waals surface area (Å²) in [5.41, 5.74) is -0.161. The third-order valence-corrected chi connectivity index (χ3v) is 3.45. The predicted octanol–water partition coefficient (Wildman–Crippen LogP) is 5.13. The van der Waals surface area contributed by atoms with Crippen LogP contribution in [-0.2, 0) is 12.7 Å². The second-order valence-electron chi connectivity index (χ2n) is 4.50. The van der Waals surface area contributed by atoms with Crippen molar-refractivity contribution < 1.29 is 13.2 Å². The van der Waals surface area contributed by atoms with Crippen molar-refractivity contribution in [3.8, 4) is 11.4 Å². The number of alkyl halides is 3. The highest BCUT2D eigenvalue weighted by Crippen LogP contribution is 2.31. The number of nitrogens with zero attached hydrogens (tertiary/aromatic N) is 2. The Hall–Kier alpha value is -1.30. The predicted molar refractivity (Wildman–Crippen MR) is 75.3 cm³/mol. The molecule has 2 nitrogen and oxygen atoms in total. The van der Waals surface area contributed by atoms with Gasteiger partial charge in [0.2, 0.25) is 0 Å². The smallest absolute Gasteiger partial charge is 0.330 e. The van der Waals surface area contributed by atoms with E-state index in [0.29, 0.717) is 17.9 Å². The molecule has 0 amide bonds. The molecule has 6 heteroatoms. The molecule has 0 aliphatic heterocycles. The molecule has 0 N–H and O–H groups in total. The van der Waals surface area contributed by atoms with Crippen molar-refractivity contribution in [1.29, 1.82) is 0 Å². The summed E-state index contributed by atoms with van der Waals surface area (Å²) in [6, 6.07) is 7.10. The van der Waals surface area contributed by atoms with Gasteiger partial charge in [0.05, 0.1) is 0 Å². The lowest BCUT2D eigenvalue weighted by molar-refractivity contribution is -0.140. The monoisotopic (exact) mass is 346 g/mol. The van der Waals surface area contributed by atoms with Crippen molar-refractivity contribution in [2.24, 2.45) is 0 Å². The Bertz CT molecular complexity index is 573. The van der Waals surface area contributed by atoms with Crippen LogP contribution in [0.3, 0.4) is 0 Å². The van der Waals surface area contributed by atoms with Crippen LogP contribution in [0.25, 0.3) is 11.4 Å². The Kier molecular flexibility index (Phi) is 4.52. The van der Waals surface area contributed by atoms with Crippen molar-refractivity contribution in [2.45, 2.75) is 32.5 Å². The van der Waals surface area contributed by atoms with Gasteiger partial charge >= 0.3 is 6.18 Å². The highest BCUT2D eigenvalue weighted by molar-refractivity contribution is 9.10. The summed E-state index contributed by atoms with van der Waals surface area (Å²) in [4.78, 5) is 3.76. The van der Waals surface area contributed by atoms with Gasteiger partial charge in [0.15, 0.2) is 5.69 Å². The topological polar surface area (TPSA) is 17.8 Å². The number of hydrogen-bond donors (Lipinski definition) is 0. The minimum absolute atomic E-state index is 0.360. The first-order valence-electron chi connectivity index (χ1n) is 6.32. The van der Waals surface area contributed by atoms with Gasteiger partial charge in [-0.05, 0) is 18.6 Å². The van der Waals surface area contributed by atoms with E-state index in [4.69, 9.17) is 0 Å². The molecule has 1 aromatic heterocycles. The molecule has 0 bridgehead atoms. The van der Waals surface area contributed by atoms with Crippen LogP contribution in [0.5, 0.6) is 0 Å². The van der Waals surface area contributed by atoms with E-state index in [9.17, 15) is 13.2 Å². The molecule has 108 valence electrons. The van der Waals surface area contributed by atoms with Gasteiger partial charge in [0.25, 0.3) is 0 Å². The number of hydrogen-bond acceptors (Lipinski definition) is 1. The maximum absolute atomic E-state index is 12.8. The van der Waals surface area contributed by atoms with Crippen molar-refractivity contribution in [2.75, 3.05) is 0 Å². The molecule has 0 saturated carbocycles. The fourth-order valence-electron chi connectivity index (χ4n) is 1.88. The van der Waals surface area contributed by atoms with E-state index in [1.807, 2.05) is 6.92 Å². The Labute approximate surface area is 123 Å². The van der Waals surface area contributed by atoms with E-state index in [0.717, 1.165) is 23.5 Å². The molecule has 0 aliphatic carbocycles. The quantitative estimate of drug-likeness (QED) is 0.750. The zero-order valence-corrected chi connectivity index (χ0v) is 12.5. The number of unbranched alkanes of at least 4 members (excludes halogenated alkanes) is 1. The summed E-state index contributed by atoms with van der Waals surface area (Å²) in [7, 11) is 0. The average molecular weight is 347 g/mol. The molecule has 0 radical (unpaired) electrons. The molecule has 20 heavy (non-hydrogen) atoms. The third kappa shape index (κ3) is 3.42. The van der Waals surface area contributed by atoms with Crippen LogP contribution in [0.4, 0.5) is 13.2 Å². The first-order valence-corrected chi connectivity index (χ1v) is 7.11. The molecular formula is C14H14BrF3N2. The molecule has 0 atom stereocenters. The number of halogens is 4. The zero-order chi connectivity index (χ0) is 14.8. The lowest BCUT2D eigenvalue weighted by Crippen LogP contribution is -2.05. The molecule has 0 fully saturated rings. The maximum Gasteiger partial charge on any atom is 0.434 e. The highest BCUT2D eigenvalue weighted by Gasteiger charge is 2.34. The highest BCUT2D eigenvalue weighted by atomic mass is 79.9. The lowest BCUT2D eigenvalue weighted by atomic mass is 10.2. The van der Waals surface area contributed by atoms with E-state index >= 15 is 0 Å². The maximum atomic E-state index is 12.8. The van der Waals surface area contributed by atoms with Crippen molar-refractivity contribution in [3.63, 3.8) is 0 Å². The number of imidazole rings is 1. The number of aryl methyl sites for hydroxylation is 1. The van der Waals surface area contributed by atoms with Crippen molar-refractivity contribution in [1.82, 2.24) is 9.55 Å². The summed E-state index contributed by atoms with van der Waals surface area (Å²) in [6.45, 7) is 2.53. The first kappa shape index (κ1) is 15.1. The van der Waals surface area contributed by atoms with Gasteiger partial charge in [-0.1, -0.05) is 41.4 Å². The SMILES string of the molecule is CCCCn1cc(C(F)(F)F)nc1-c1ccc(Br)cc1. The van der Waals surface area contributed by atoms with Crippen LogP contribution in [0.2, 0.25) is 0 Å². The largest absolute Gasteiger partial charge is 0.434 e. The molecule has 1 aromatic carbocycles. The second kappa shape index (κ2) is 5.99. The van der Waals surface area contributed by atoms with Gasteiger partial charge in [-0.25, -0.2) is 4.98 Å². The Balaban J connectivity index is 2.43. The van der Waals surface area contributed by atoms with Crippen LogP contribution in [0, 0.1) is 0 Å². The Morgan fingerprint density at radius 3 is 2.40 bits per heavy atom. The average Bonchev–Trinajstić information content (AvgIpc) is 2.81. The molecule has 0 aliphatic rings. The minimum Gasteiger partial charge on any atom is -0.330 e. The lowest BCUT2D eigenvalue weighted by Gasteiger charge is -2.06. The standard InChI is InChI=1S/C14H14BrF3N2/c1-2-3-8-20-9-12(14(16,17)18)19-13(20)10-4-6-11(15)7-5-10/h4-7,9H,2-3,8H2,1H3. The summed E-state index contributed by atoms with van der Waals surface area (Å²) >= 11 is 3.31. The van der Waals surface area contributed by atoms with E-state index in [-0.39, 0.29) is 0 Å². The van der Waals surface area contributed by atoms with E-state index in [1.54, 1.807) is 28.8 Å². The zero-order valence-electron chi connectivity index (χ0n) is 10.9. The fraction of sp³-hybridized carbons (Fsp3) is 0.357. The van der Waals surface area contributed by atoms with E-state index in [1.165, 1.54) is 0 Å². The summed E-state index contributed by atoms with van der Waals surface area (Å²) in [6.07, 6.45) is -1.59. The van der Waals surface area contributed by atoms with Crippen LogP contribution < -0.4 is 0 Å². The summed E-state index contributed by atoms with van der Waals surface area (Å²) < 4.78 is 40.9.